The van der Waals surface area contributed by atoms with E-state index in [0.29, 0.717) is 43.4 Å². The third-order valence-electron chi connectivity index (χ3n) is 3.41. The average Bonchev–Trinajstić information content (AvgIpc) is 2.54. The molecule has 1 unspecified atom stereocenters. The molecule has 1 aromatic carbocycles. The number of hydrogen-bond donors (Lipinski definition) is 1. The van der Waals surface area contributed by atoms with Crippen molar-refractivity contribution in [1.29, 1.82) is 0 Å². The minimum absolute atomic E-state index is 0.111. The lowest BCUT2D eigenvalue weighted by molar-refractivity contribution is -0.0184. The lowest BCUT2D eigenvalue weighted by Gasteiger charge is -2.34. The van der Waals surface area contributed by atoms with Crippen LogP contribution in [0, 0.1) is 0 Å². The first-order valence-electron chi connectivity index (χ1n) is 7.01. The Morgan fingerprint density at radius 1 is 1.48 bits per heavy atom. The molecule has 0 aliphatic carbocycles. The first-order chi connectivity index (χ1) is 10.2. The SMILES string of the molecule is CCOc1cc(C(=O)N2CCOCC2CO)ccc1OC. The van der Waals surface area contributed by atoms with Gasteiger partial charge in [0.05, 0.1) is 39.6 Å². The fraction of sp³-hybridized carbons (Fsp3) is 0.533. The van der Waals surface area contributed by atoms with Crippen LogP contribution in [0.25, 0.3) is 0 Å². The number of ether oxygens (including phenoxy) is 3. The number of aliphatic hydroxyl groups is 1. The molecule has 1 heterocycles. The smallest absolute Gasteiger partial charge is 0.254 e. The molecule has 21 heavy (non-hydrogen) atoms. The molecular weight excluding hydrogens is 274 g/mol. The van der Waals surface area contributed by atoms with Crippen LogP contribution in [0.3, 0.4) is 0 Å². The zero-order valence-electron chi connectivity index (χ0n) is 12.4. The Morgan fingerprint density at radius 3 is 2.95 bits per heavy atom. The van der Waals surface area contributed by atoms with Crippen molar-refractivity contribution in [2.75, 3.05) is 40.1 Å². The van der Waals surface area contributed by atoms with Crippen molar-refractivity contribution in [3.8, 4) is 11.5 Å². The minimum Gasteiger partial charge on any atom is -0.493 e. The molecule has 0 spiro atoms. The lowest BCUT2D eigenvalue weighted by atomic mass is 10.1. The van der Waals surface area contributed by atoms with Crippen LogP contribution in [0.4, 0.5) is 0 Å². The van der Waals surface area contributed by atoms with Crippen LogP contribution in [0.15, 0.2) is 18.2 Å². The highest BCUT2D eigenvalue weighted by Crippen LogP contribution is 2.29. The van der Waals surface area contributed by atoms with Gasteiger partial charge < -0.3 is 24.2 Å². The van der Waals surface area contributed by atoms with Crippen molar-refractivity contribution in [1.82, 2.24) is 4.90 Å². The number of rotatable bonds is 5. The van der Waals surface area contributed by atoms with Gasteiger partial charge in [-0.2, -0.15) is 0 Å². The number of aliphatic hydroxyl groups excluding tert-OH is 1. The van der Waals surface area contributed by atoms with E-state index in [1.807, 2.05) is 6.92 Å². The quantitative estimate of drug-likeness (QED) is 0.875. The zero-order chi connectivity index (χ0) is 15.2. The van der Waals surface area contributed by atoms with Crippen LogP contribution in [-0.4, -0.2) is 62.0 Å². The maximum atomic E-state index is 12.6. The van der Waals surface area contributed by atoms with E-state index in [1.54, 1.807) is 30.2 Å². The molecule has 6 heteroatoms. The van der Waals surface area contributed by atoms with E-state index >= 15 is 0 Å². The summed E-state index contributed by atoms with van der Waals surface area (Å²) < 4.78 is 16.0. The monoisotopic (exact) mass is 295 g/mol. The highest BCUT2D eigenvalue weighted by atomic mass is 16.5. The molecule has 1 fully saturated rings. The standard InChI is InChI=1S/C15H21NO5/c1-3-21-14-8-11(4-5-13(14)19-2)15(18)16-6-7-20-10-12(16)9-17/h4-5,8,12,17H,3,6-7,9-10H2,1-2H3. The minimum atomic E-state index is -0.302. The molecule has 2 rings (SSSR count). The third kappa shape index (κ3) is 3.46. The Kier molecular flexibility index (Phi) is 5.41. The average molecular weight is 295 g/mol. The Labute approximate surface area is 124 Å². The Bertz CT molecular complexity index is 491. The van der Waals surface area contributed by atoms with Crippen LogP contribution in [0.2, 0.25) is 0 Å². The fourth-order valence-electron chi connectivity index (χ4n) is 2.32. The van der Waals surface area contributed by atoms with Gasteiger partial charge in [-0.1, -0.05) is 0 Å². The third-order valence-corrected chi connectivity index (χ3v) is 3.41. The van der Waals surface area contributed by atoms with E-state index in [-0.39, 0.29) is 18.6 Å². The Morgan fingerprint density at radius 2 is 2.29 bits per heavy atom. The van der Waals surface area contributed by atoms with Gasteiger partial charge in [0.1, 0.15) is 0 Å². The van der Waals surface area contributed by atoms with Crippen LogP contribution in [0.1, 0.15) is 17.3 Å². The predicted molar refractivity (Wildman–Crippen MR) is 76.9 cm³/mol. The fourth-order valence-corrected chi connectivity index (χ4v) is 2.32. The molecule has 1 N–H and O–H groups in total. The summed E-state index contributed by atoms with van der Waals surface area (Å²) in [5.41, 5.74) is 0.514. The van der Waals surface area contributed by atoms with Gasteiger partial charge in [0.25, 0.3) is 5.91 Å². The molecule has 0 bridgehead atoms. The second-order valence-electron chi connectivity index (χ2n) is 4.71. The number of benzene rings is 1. The maximum Gasteiger partial charge on any atom is 0.254 e. The van der Waals surface area contributed by atoms with Gasteiger partial charge in [0.2, 0.25) is 0 Å². The topological polar surface area (TPSA) is 68.2 Å². The van der Waals surface area contributed by atoms with Crippen LogP contribution >= 0.6 is 0 Å². The second-order valence-corrected chi connectivity index (χ2v) is 4.71. The van der Waals surface area contributed by atoms with E-state index < -0.39 is 0 Å². The van der Waals surface area contributed by atoms with Gasteiger partial charge in [-0.3, -0.25) is 4.79 Å². The normalized spacial score (nSPS) is 18.4. The molecule has 0 aromatic heterocycles. The molecule has 0 radical (unpaired) electrons. The summed E-state index contributed by atoms with van der Waals surface area (Å²) in [6.45, 7) is 3.57. The van der Waals surface area contributed by atoms with E-state index in [1.165, 1.54) is 0 Å². The van der Waals surface area contributed by atoms with Crippen molar-refractivity contribution in [3.05, 3.63) is 23.8 Å². The van der Waals surface area contributed by atoms with E-state index in [0.717, 1.165) is 0 Å². The summed E-state index contributed by atoms with van der Waals surface area (Å²) in [5, 5.41) is 9.36. The molecule has 6 nitrogen and oxygen atoms in total. The van der Waals surface area contributed by atoms with Crippen LogP contribution in [-0.2, 0) is 4.74 Å². The summed E-state index contributed by atoms with van der Waals surface area (Å²) in [6.07, 6.45) is 0. The first-order valence-corrected chi connectivity index (χ1v) is 7.01. The van der Waals surface area contributed by atoms with Crippen molar-refractivity contribution in [2.45, 2.75) is 13.0 Å². The number of amides is 1. The molecule has 1 saturated heterocycles. The molecule has 1 aromatic rings. The van der Waals surface area contributed by atoms with Crippen LogP contribution in [0.5, 0.6) is 11.5 Å². The number of nitrogens with zero attached hydrogens (tertiary/aromatic N) is 1. The summed E-state index contributed by atoms with van der Waals surface area (Å²) in [6, 6.07) is 4.79. The second kappa shape index (κ2) is 7.28. The summed E-state index contributed by atoms with van der Waals surface area (Å²) in [4.78, 5) is 14.2. The van der Waals surface area contributed by atoms with Gasteiger partial charge in [-0.05, 0) is 25.1 Å². The van der Waals surface area contributed by atoms with Crippen LogP contribution < -0.4 is 9.47 Å². The van der Waals surface area contributed by atoms with Gasteiger partial charge in [-0.15, -0.1) is 0 Å². The van der Waals surface area contributed by atoms with Gasteiger partial charge in [-0.25, -0.2) is 0 Å². The van der Waals surface area contributed by atoms with Gasteiger partial charge >= 0.3 is 0 Å². The number of carbonyl (C=O) groups is 1. The van der Waals surface area contributed by atoms with E-state index in [4.69, 9.17) is 14.2 Å². The van der Waals surface area contributed by atoms with Crippen molar-refractivity contribution >= 4 is 5.91 Å². The number of carbonyl (C=O) groups excluding carboxylic acids is 1. The summed E-state index contributed by atoms with van der Waals surface area (Å²) in [5.74, 6) is 0.995. The number of methoxy groups -OCH3 is 1. The molecule has 1 aliphatic rings. The largest absolute Gasteiger partial charge is 0.493 e. The summed E-state index contributed by atoms with van der Waals surface area (Å²) >= 11 is 0. The summed E-state index contributed by atoms with van der Waals surface area (Å²) in [7, 11) is 1.56. The molecule has 1 aliphatic heterocycles. The molecular formula is C15H21NO5. The van der Waals surface area contributed by atoms with Crippen molar-refractivity contribution in [3.63, 3.8) is 0 Å². The highest BCUT2D eigenvalue weighted by Gasteiger charge is 2.28. The molecule has 1 amide bonds. The Balaban J connectivity index is 2.23. The predicted octanol–water partition coefficient (Wildman–Crippen LogP) is 0.927. The number of hydrogen-bond acceptors (Lipinski definition) is 5. The van der Waals surface area contributed by atoms with Crippen molar-refractivity contribution in [2.24, 2.45) is 0 Å². The molecule has 116 valence electrons. The first kappa shape index (κ1) is 15.6. The highest BCUT2D eigenvalue weighted by molar-refractivity contribution is 5.95. The van der Waals surface area contributed by atoms with Gasteiger partial charge in [0.15, 0.2) is 11.5 Å². The Hall–Kier alpha value is -1.79. The lowest BCUT2D eigenvalue weighted by Crippen LogP contribution is -2.50. The molecule has 0 saturated carbocycles. The maximum absolute atomic E-state index is 12.6. The van der Waals surface area contributed by atoms with E-state index in [9.17, 15) is 9.90 Å². The van der Waals surface area contributed by atoms with E-state index in [2.05, 4.69) is 0 Å². The van der Waals surface area contributed by atoms with Gasteiger partial charge in [0, 0.05) is 12.1 Å². The number of morpholine rings is 1. The van der Waals surface area contributed by atoms with Crippen molar-refractivity contribution < 1.29 is 24.1 Å². The molecule has 1 atom stereocenters. The zero-order valence-corrected chi connectivity index (χ0v) is 12.4.